The van der Waals surface area contributed by atoms with Crippen LogP contribution in [-0.2, 0) is 9.53 Å². The highest BCUT2D eigenvalue weighted by molar-refractivity contribution is 6.21. The highest BCUT2D eigenvalue weighted by Crippen LogP contribution is 2.06. The van der Waals surface area contributed by atoms with Crippen LogP contribution in [0.4, 0.5) is 0 Å². The molecule has 0 aliphatic rings. The van der Waals surface area contributed by atoms with E-state index >= 15 is 0 Å². The van der Waals surface area contributed by atoms with Crippen molar-refractivity contribution in [3.05, 3.63) is 24.5 Å². The van der Waals surface area contributed by atoms with Crippen molar-refractivity contribution in [2.24, 2.45) is 0 Å². The van der Waals surface area contributed by atoms with Gasteiger partial charge in [0.2, 0.25) is 0 Å². The highest BCUT2D eigenvalue weighted by atomic mass is 35.5. The van der Waals surface area contributed by atoms with Gasteiger partial charge in [0.1, 0.15) is 6.61 Å². The van der Waals surface area contributed by atoms with Gasteiger partial charge in [-0.2, -0.15) is 0 Å². The molecule has 1 atom stereocenters. The van der Waals surface area contributed by atoms with Crippen LogP contribution in [0.2, 0.25) is 0 Å². The van der Waals surface area contributed by atoms with E-state index in [1.54, 1.807) is 13.0 Å². The average Bonchev–Trinajstić information content (AvgIpc) is 2.10. The summed E-state index contributed by atoms with van der Waals surface area (Å²) in [4.78, 5) is 9.91. The van der Waals surface area contributed by atoms with E-state index in [1.165, 1.54) is 0 Å². The summed E-state index contributed by atoms with van der Waals surface area (Å²) < 4.78 is 4.99. The van der Waals surface area contributed by atoms with Crippen LogP contribution in [0.25, 0.3) is 0 Å². The van der Waals surface area contributed by atoms with Crippen molar-refractivity contribution in [1.29, 1.82) is 0 Å². The molecule has 0 N–H and O–H groups in total. The molecular formula is C9H13ClO2. The van der Waals surface area contributed by atoms with E-state index in [4.69, 9.17) is 16.3 Å². The lowest BCUT2D eigenvalue weighted by Crippen LogP contribution is -1.95. The van der Waals surface area contributed by atoms with Crippen LogP contribution in [0.3, 0.4) is 0 Å². The summed E-state index contributed by atoms with van der Waals surface area (Å²) in [6.07, 6.45) is 4.88. The minimum absolute atomic E-state index is 0.0696. The summed E-state index contributed by atoms with van der Waals surface area (Å²) in [5.41, 5.74) is 0. The number of carbonyl (C=O) groups is 1. The summed E-state index contributed by atoms with van der Waals surface area (Å²) >= 11 is 5.76. The summed E-state index contributed by atoms with van der Waals surface area (Å²) in [6.45, 7) is 5.43. The van der Waals surface area contributed by atoms with E-state index in [0.29, 0.717) is 12.7 Å². The molecule has 0 aromatic carbocycles. The molecule has 0 aromatic heterocycles. The molecular weight excluding hydrogens is 176 g/mol. The smallest absolute Gasteiger partial charge is 0.157 e. The molecule has 2 nitrogen and oxygen atoms in total. The van der Waals surface area contributed by atoms with Gasteiger partial charge < -0.3 is 4.74 Å². The Kier molecular flexibility index (Phi) is 6.48. The number of hydrogen-bond acceptors (Lipinski definition) is 2. The second kappa shape index (κ2) is 6.92. The molecule has 1 unspecified atom stereocenters. The Labute approximate surface area is 77.9 Å². The van der Waals surface area contributed by atoms with E-state index in [0.717, 1.165) is 5.76 Å². The molecule has 0 aromatic rings. The zero-order valence-corrected chi connectivity index (χ0v) is 7.88. The number of alkyl halides is 1. The number of hydrogen-bond donors (Lipinski definition) is 0. The van der Waals surface area contributed by atoms with Gasteiger partial charge in [0.25, 0.3) is 0 Å². The van der Waals surface area contributed by atoms with Crippen LogP contribution in [0.1, 0.15) is 13.3 Å². The van der Waals surface area contributed by atoms with E-state index in [9.17, 15) is 4.79 Å². The Morgan fingerprint density at radius 2 is 2.42 bits per heavy atom. The number of carbonyl (C=O) groups excluding carboxylic acids is 1. The van der Waals surface area contributed by atoms with Crippen LogP contribution in [-0.4, -0.2) is 18.3 Å². The molecule has 3 heteroatoms. The van der Waals surface area contributed by atoms with Crippen LogP contribution >= 0.6 is 11.6 Å². The molecule has 0 aliphatic carbocycles. The number of halogens is 1. The van der Waals surface area contributed by atoms with Crippen molar-refractivity contribution in [2.45, 2.75) is 18.7 Å². The Morgan fingerprint density at radius 3 is 2.92 bits per heavy atom. The quantitative estimate of drug-likeness (QED) is 0.277. The Hall–Kier alpha value is -0.760. The standard InChI is InChI=1S/C9H13ClO2/c1-3-9(10)5-4-8(2)12-7-6-11/h3-4,6,9H,1,5,7H2,2H3/b8-4+. The van der Waals surface area contributed by atoms with Gasteiger partial charge >= 0.3 is 0 Å². The number of allylic oxidation sites excluding steroid dienone is 3. The second-order valence-electron chi connectivity index (χ2n) is 2.28. The maximum absolute atomic E-state index is 9.91. The molecule has 0 amide bonds. The van der Waals surface area contributed by atoms with Gasteiger partial charge in [0.15, 0.2) is 6.29 Å². The normalized spacial score (nSPS) is 13.7. The van der Waals surface area contributed by atoms with Crippen LogP contribution in [0.5, 0.6) is 0 Å². The van der Waals surface area contributed by atoms with Gasteiger partial charge in [-0.25, -0.2) is 0 Å². The van der Waals surface area contributed by atoms with Crippen molar-refractivity contribution in [2.75, 3.05) is 6.61 Å². The van der Waals surface area contributed by atoms with E-state index in [1.807, 2.05) is 6.08 Å². The third kappa shape index (κ3) is 5.98. The first kappa shape index (κ1) is 11.2. The fourth-order valence-corrected chi connectivity index (χ4v) is 0.688. The van der Waals surface area contributed by atoms with Crippen molar-refractivity contribution < 1.29 is 9.53 Å². The molecule has 0 bridgehead atoms. The van der Waals surface area contributed by atoms with E-state index < -0.39 is 0 Å². The molecule has 68 valence electrons. The van der Waals surface area contributed by atoms with Gasteiger partial charge in [-0.05, 0) is 19.4 Å². The summed E-state index contributed by atoms with van der Waals surface area (Å²) in [5.74, 6) is 0.717. The topological polar surface area (TPSA) is 26.3 Å². The molecule has 0 saturated carbocycles. The van der Waals surface area contributed by atoms with Crippen LogP contribution < -0.4 is 0 Å². The average molecular weight is 189 g/mol. The highest BCUT2D eigenvalue weighted by Gasteiger charge is 1.95. The Bertz CT molecular complexity index is 175. The third-order valence-electron chi connectivity index (χ3n) is 1.27. The minimum atomic E-state index is -0.0696. The second-order valence-corrected chi connectivity index (χ2v) is 2.84. The molecule has 12 heavy (non-hydrogen) atoms. The lowest BCUT2D eigenvalue weighted by molar-refractivity contribution is -0.110. The zero-order chi connectivity index (χ0) is 9.40. The molecule has 0 rings (SSSR count). The van der Waals surface area contributed by atoms with E-state index in [2.05, 4.69) is 6.58 Å². The third-order valence-corrected chi connectivity index (χ3v) is 1.62. The largest absolute Gasteiger partial charge is 0.491 e. The molecule has 0 fully saturated rings. The number of rotatable bonds is 6. The van der Waals surface area contributed by atoms with Crippen molar-refractivity contribution in [3.8, 4) is 0 Å². The molecule has 0 spiro atoms. The molecule has 0 radical (unpaired) electrons. The SMILES string of the molecule is C=CC(Cl)C/C=C(\C)OCC=O. The van der Waals surface area contributed by atoms with Crippen LogP contribution in [0.15, 0.2) is 24.5 Å². The van der Waals surface area contributed by atoms with Gasteiger partial charge in [-0.3, -0.25) is 4.79 Å². The maximum Gasteiger partial charge on any atom is 0.157 e. The fourth-order valence-electron chi connectivity index (χ4n) is 0.599. The van der Waals surface area contributed by atoms with Gasteiger partial charge in [-0.15, -0.1) is 18.2 Å². The predicted molar refractivity (Wildman–Crippen MR) is 50.2 cm³/mol. The first-order valence-corrected chi connectivity index (χ1v) is 4.14. The number of ether oxygens (including phenoxy) is 1. The number of aldehydes is 1. The zero-order valence-electron chi connectivity index (χ0n) is 7.13. The first-order chi connectivity index (χ1) is 5.70. The molecule has 0 heterocycles. The van der Waals surface area contributed by atoms with Crippen LogP contribution in [0, 0.1) is 0 Å². The monoisotopic (exact) mass is 188 g/mol. The summed E-state index contributed by atoms with van der Waals surface area (Å²) in [7, 11) is 0. The summed E-state index contributed by atoms with van der Waals surface area (Å²) in [5, 5.41) is -0.0696. The molecule has 0 aliphatic heterocycles. The molecule has 0 saturated heterocycles. The Morgan fingerprint density at radius 1 is 1.75 bits per heavy atom. The summed E-state index contributed by atoms with van der Waals surface area (Å²) in [6, 6.07) is 0. The van der Waals surface area contributed by atoms with Crippen molar-refractivity contribution in [1.82, 2.24) is 0 Å². The van der Waals surface area contributed by atoms with Crippen molar-refractivity contribution in [3.63, 3.8) is 0 Å². The maximum atomic E-state index is 9.91. The van der Waals surface area contributed by atoms with Gasteiger partial charge in [0.05, 0.1) is 11.1 Å². The first-order valence-electron chi connectivity index (χ1n) is 3.70. The minimum Gasteiger partial charge on any atom is -0.491 e. The van der Waals surface area contributed by atoms with Crippen molar-refractivity contribution >= 4 is 17.9 Å². The van der Waals surface area contributed by atoms with E-state index in [-0.39, 0.29) is 12.0 Å². The predicted octanol–water partition coefficient (Wildman–Crippen LogP) is 2.29. The Balaban J connectivity index is 3.67. The lowest BCUT2D eigenvalue weighted by Gasteiger charge is -2.02. The lowest BCUT2D eigenvalue weighted by atomic mass is 10.3. The fraction of sp³-hybridized carbons (Fsp3) is 0.444. The van der Waals surface area contributed by atoms with Gasteiger partial charge in [0, 0.05) is 0 Å². The van der Waals surface area contributed by atoms with Gasteiger partial charge in [-0.1, -0.05) is 6.08 Å².